The Morgan fingerprint density at radius 2 is 1.02 bits per heavy atom. The predicted molar refractivity (Wildman–Crippen MR) is 176 cm³/mol. The first-order valence-corrected chi connectivity index (χ1v) is 15.8. The standard InChI is InChI=1S/C35H42O15/c1-22(7-6-8-32(38)39)45-33(40)48-29-13-11-27(12-14-29)9-10-28-19-30(49-34(41)46-23(2)15-17-43-25(4)36)21-31(20-28)50-35(42)47-24(3)16-18-44-26(5)37/h9-14,19-24H,6-8,15-18H2,1-5H3,(H,38,39)/b10-9+/t22-,23-,24-/m1/s1. The van der Waals surface area contributed by atoms with Crippen molar-refractivity contribution >= 4 is 48.5 Å². The molecule has 0 unspecified atom stereocenters. The van der Waals surface area contributed by atoms with Crippen LogP contribution in [0.15, 0.2) is 42.5 Å². The molecule has 2 aromatic carbocycles. The highest BCUT2D eigenvalue weighted by Gasteiger charge is 2.17. The van der Waals surface area contributed by atoms with Gasteiger partial charge in [-0.1, -0.05) is 24.3 Å². The number of ether oxygens (including phenoxy) is 8. The average molecular weight is 703 g/mol. The number of rotatable bonds is 18. The molecule has 0 heterocycles. The molecule has 0 saturated carbocycles. The first-order valence-electron chi connectivity index (χ1n) is 15.8. The Kier molecular flexibility index (Phi) is 17.4. The lowest BCUT2D eigenvalue weighted by atomic mass is 10.1. The fourth-order valence-electron chi connectivity index (χ4n) is 3.96. The zero-order chi connectivity index (χ0) is 37.1. The third kappa shape index (κ3) is 18.1. The molecule has 0 spiro atoms. The lowest BCUT2D eigenvalue weighted by Gasteiger charge is -2.15. The van der Waals surface area contributed by atoms with Crippen molar-refractivity contribution in [2.24, 2.45) is 0 Å². The minimum atomic E-state index is -1.04. The number of carbonyl (C=O) groups is 6. The van der Waals surface area contributed by atoms with Crippen LogP contribution in [-0.2, 0) is 38.1 Å². The molecule has 0 aliphatic carbocycles. The van der Waals surface area contributed by atoms with Crippen LogP contribution in [-0.4, -0.2) is 73.0 Å². The van der Waals surface area contributed by atoms with Gasteiger partial charge in [0.25, 0.3) is 0 Å². The van der Waals surface area contributed by atoms with Gasteiger partial charge >= 0.3 is 36.4 Å². The van der Waals surface area contributed by atoms with Crippen LogP contribution < -0.4 is 14.2 Å². The van der Waals surface area contributed by atoms with Gasteiger partial charge in [0.15, 0.2) is 0 Å². The molecule has 3 atom stereocenters. The number of aliphatic carboxylic acids is 1. The maximum atomic E-state index is 12.5. The van der Waals surface area contributed by atoms with Crippen molar-refractivity contribution < 1.29 is 71.8 Å². The molecule has 0 bridgehead atoms. The van der Waals surface area contributed by atoms with E-state index in [9.17, 15) is 28.8 Å². The second-order valence-electron chi connectivity index (χ2n) is 11.0. The van der Waals surface area contributed by atoms with Gasteiger partial charge in [-0.15, -0.1) is 0 Å². The van der Waals surface area contributed by atoms with Crippen LogP contribution in [0, 0.1) is 0 Å². The molecule has 0 aliphatic heterocycles. The molecule has 1 N–H and O–H groups in total. The zero-order valence-corrected chi connectivity index (χ0v) is 28.5. The highest BCUT2D eigenvalue weighted by atomic mass is 16.7. The third-order valence-electron chi connectivity index (χ3n) is 6.41. The van der Waals surface area contributed by atoms with E-state index in [1.807, 2.05) is 0 Å². The number of carboxylic acids is 1. The van der Waals surface area contributed by atoms with Gasteiger partial charge < -0.3 is 43.0 Å². The summed E-state index contributed by atoms with van der Waals surface area (Å²) in [7, 11) is 0. The topological polar surface area (TPSA) is 196 Å². The number of esters is 2. The summed E-state index contributed by atoms with van der Waals surface area (Å²) >= 11 is 0. The molecule has 15 heteroatoms. The number of carboxylic acid groups (broad SMARTS) is 1. The molecule has 2 rings (SSSR count). The van der Waals surface area contributed by atoms with Gasteiger partial charge in [-0.05, 0) is 69.0 Å². The van der Waals surface area contributed by atoms with E-state index in [4.69, 9.17) is 43.0 Å². The Hall–Kier alpha value is -5.60. The van der Waals surface area contributed by atoms with Crippen molar-refractivity contribution in [3.05, 3.63) is 53.6 Å². The second kappa shape index (κ2) is 21.4. The van der Waals surface area contributed by atoms with Crippen LogP contribution in [0.3, 0.4) is 0 Å². The Bertz CT molecular complexity index is 1420. The van der Waals surface area contributed by atoms with Crippen molar-refractivity contribution in [2.75, 3.05) is 13.2 Å². The summed E-state index contributed by atoms with van der Waals surface area (Å²) in [6.07, 6.45) is -0.269. The van der Waals surface area contributed by atoms with Crippen LogP contribution in [0.4, 0.5) is 14.4 Å². The molecule has 0 aliphatic rings. The minimum absolute atomic E-state index is 0.0190. The van der Waals surface area contributed by atoms with Gasteiger partial charge in [0.1, 0.15) is 35.6 Å². The van der Waals surface area contributed by atoms with E-state index in [0.717, 1.165) is 0 Å². The average Bonchev–Trinajstić information content (AvgIpc) is 2.99. The van der Waals surface area contributed by atoms with Gasteiger partial charge in [-0.25, -0.2) is 14.4 Å². The van der Waals surface area contributed by atoms with Gasteiger partial charge in [0, 0.05) is 39.2 Å². The highest BCUT2D eigenvalue weighted by molar-refractivity contribution is 5.74. The highest BCUT2D eigenvalue weighted by Crippen LogP contribution is 2.26. The summed E-state index contributed by atoms with van der Waals surface area (Å²) in [6, 6.07) is 10.7. The smallest absolute Gasteiger partial charge is 0.481 e. The molecule has 272 valence electrons. The quantitative estimate of drug-likeness (QED) is 0.0742. The van der Waals surface area contributed by atoms with E-state index in [1.54, 1.807) is 57.2 Å². The molecule has 0 amide bonds. The maximum absolute atomic E-state index is 12.5. The lowest BCUT2D eigenvalue weighted by molar-refractivity contribution is -0.142. The normalized spacial score (nSPS) is 12.5. The molecule has 2 aromatic rings. The van der Waals surface area contributed by atoms with E-state index in [0.29, 0.717) is 24.0 Å². The molecule has 0 fully saturated rings. The molecular formula is C35H42O15. The fourth-order valence-corrected chi connectivity index (χ4v) is 3.96. The predicted octanol–water partition coefficient (Wildman–Crippen LogP) is 6.73. The van der Waals surface area contributed by atoms with Gasteiger partial charge in [0.2, 0.25) is 0 Å². The van der Waals surface area contributed by atoms with Crippen LogP contribution in [0.5, 0.6) is 17.2 Å². The van der Waals surface area contributed by atoms with Crippen molar-refractivity contribution in [2.45, 2.75) is 85.0 Å². The van der Waals surface area contributed by atoms with E-state index >= 15 is 0 Å². The zero-order valence-electron chi connectivity index (χ0n) is 28.5. The number of carbonyl (C=O) groups excluding carboxylic acids is 5. The molecule has 0 radical (unpaired) electrons. The van der Waals surface area contributed by atoms with E-state index in [2.05, 4.69) is 0 Å². The SMILES string of the molecule is CC(=O)OCC[C@@H](C)OC(=O)Oc1cc(/C=C/c2ccc(OC(=O)O[C@H](C)CCCC(=O)O)cc2)cc(OC(=O)O[C@H](C)CCOC(C)=O)c1. The van der Waals surface area contributed by atoms with Crippen molar-refractivity contribution in [1.82, 2.24) is 0 Å². The minimum Gasteiger partial charge on any atom is -0.481 e. The molecule has 0 aromatic heterocycles. The van der Waals surface area contributed by atoms with Gasteiger partial charge in [-0.2, -0.15) is 0 Å². The summed E-state index contributed by atoms with van der Waals surface area (Å²) in [5.74, 6) is -1.67. The summed E-state index contributed by atoms with van der Waals surface area (Å²) < 4.78 is 41.1. The van der Waals surface area contributed by atoms with E-state index < -0.39 is 54.7 Å². The molecule has 0 saturated heterocycles. The van der Waals surface area contributed by atoms with Crippen LogP contribution >= 0.6 is 0 Å². The maximum Gasteiger partial charge on any atom is 0.514 e. The third-order valence-corrected chi connectivity index (χ3v) is 6.41. The fraction of sp³-hybridized carbons (Fsp3) is 0.429. The van der Waals surface area contributed by atoms with Crippen LogP contribution in [0.25, 0.3) is 12.2 Å². The van der Waals surface area contributed by atoms with Gasteiger partial charge in [0.05, 0.1) is 13.2 Å². The van der Waals surface area contributed by atoms with Crippen molar-refractivity contribution in [3.63, 3.8) is 0 Å². The first kappa shape index (κ1) is 40.6. The Morgan fingerprint density at radius 1 is 0.600 bits per heavy atom. The molecule has 50 heavy (non-hydrogen) atoms. The second-order valence-corrected chi connectivity index (χ2v) is 11.0. The number of hydrogen-bond acceptors (Lipinski definition) is 14. The summed E-state index contributed by atoms with van der Waals surface area (Å²) in [5.41, 5.74) is 1.13. The van der Waals surface area contributed by atoms with E-state index in [-0.39, 0.29) is 49.7 Å². The number of hydrogen-bond donors (Lipinski definition) is 1. The number of benzene rings is 2. The van der Waals surface area contributed by atoms with Crippen LogP contribution in [0.1, 0.15) is 77.8 Å². The van der Waals surface area contributed by atoms with Crippen LogP contribution in [0.2, 0.25) is 0 Å². The molecular weight excluding hydrogens is 660 g/mol. The first-order chi connectivity index (χ1) is 23.7. The summed E-state index contributed by atoms with van der Waals surface area (Å²) in [4.78, 5) is 69.6. The molecule has 15 nitrogen and oxygen atoms in total. The van der Waals surface area contributed by atoms with E-state index in [1.165, 1.54) is 32.0 Å². The van der Waals surface area contributed by atoms with Gasteiger partial charge in [-0.3, -0.25) is 14.4 Å². The van der Waals surface area contributed by atoms with Crippen molar-refractivity contribution in [1.29, 1.82) is 0 Å². The Morgan fingerprint density at radius 3 is 1.46 bits per heavy atom. The Labute approximate surface area is 289 Å². The Balaban J connectivity index is 2.11. The lowest BCUT2D eigenvalue weighted by Crippen LogP contribution is -2.21. The monoisotopic (exact) mass is 702 g/mol. The van der Waals surface area contributed by atoms with Crippen molar-refractivity contribution in [3.8, 4) is 17.2 Å². The summed E-state index contributed by atoms with van der Waals surface area (Å²) in [6.45, 7) is 7.47. The largest absolute Gasteiger partial charge is 0.514 e. The summed E-state index contributed by atoms with van der Waals surface area (Å²) in [5, 5.41) is 8.73.